The van der Waals surface area contributed by atoms with Crippen LogP contribution >= 0.6 is 23.2 Å². The molecule has 0 fully saturated rings. The van der Waals surface area contributed by atoms with Gasteiger partial charge in [-0.2, -0.15) is 5.10 Å². The number of phenolic OH excluding ortho intramolecular Hbond substituents is 1. The molecule has 138 valence electrons. The van der Waals surface area contributed by atoms with Crippen LogP contribution in [-0.2, 0) is 14.8 Å². The molecule has 0 saturated heterocycles. The van der Waals surface area contributed by atoms with E-state index in [2.05, 4.69) is 10.5 Å². The molecule has 26 heavy (non-hydrogen) atoms. The molecule has 0 spiro atoms. The highest BCUT2D eigenvalue weighted by Crippen LogP contribution is 2.33. The number of hydrogen-bond donors (Lipinski definition) is 2. The first kappa shape index (κ1) is 20.0. The predicted molar refractivity (Wildman–Crippen MR) is 102 cm³/mol. The molecule has 0 saturated carbocycles. The normalized spacial score (nSPS) is 11.5. The minimum Gasteiger partial charge on any atom is -0.507 e. The number of benzene rings is 2. The van der Waals surface area contributed by atoms with Gasteiger partial charge in [-0.15, -0.1) is 0 Å². The lowest BCUT2D eigenvalue weighted by Gasteiger charge is -2.22. The fourth-order valence-electron chi connectivity index (χ4n) is 2.00. The smallest absolute Gasteiger partial charge is 0.260 e. The lowest BCUT2D eigenvalue weighted by molar-refractivity contribution is -0.119. The molecule has 0 aliphatic carbocycles. The Morgan fingerprint density at radius 3 is 2.58 bits per heavy atom. The lowest BCUT2D eigenvalue weighted by Crippen LogP contribution is -2.39. The summed E-state index contributed by atoms with van der Waals surface area (Å²) in [6.07, 6.45) is 2.19. The average molecular weight is 416 g/mol. The molecule has 2 aromatic carbocycles. The molecule has 0 unspecified atom stereocenters. The summed E-state index contributed by atoms with van der Waals surface area (Å²) in [4.78, 5) is 12.1. The first-order valence-electron chi connectivity index (χ1n) is 7.22. The Balaban J connectivity index is 2.15. The molecule has 7 nitrogen and oxygen atoms in total. The van der Waals surface area contributed by atoms with Crippen molar-refractivity contribution >= 4 is 51.0 Å². The van der Waals surface area contributed by atoms with Gasteiger partial charge in [-0.3, -0.25) is 9.10 Å². The molecule has 0 heterocycles. The Morgan fingerprint density at radius 1 is 1.23 bits per heavy atom. The van der Waals surface area contributed by atoms with E-state index in [1.54, 1.807) is 18.2 Å². The van der Waals surface area contributed by atoms with Crippen molar-refractivity contribution in [3.8, 4) is 5.75 Å². The summed E-state index contributed by atoms with van der Waals surface area (Å²) in [6, 6.07) is 10.9. The van der Waals surface area contributed by atoms with Crippen LogP contribution in [0.15, 0.2) is 47.6 Å². The van der Waals surface area contributed by atoms with E-state index in [9.17, 15) is 18.3 Å². The zero-order chi connectivity index (χ0) is 19.3. The number of anilines is 1. The van der Waals surface area contributed by atoms with Crippen LogP contribution in [0, 0.1) is 0 Å². The van der Waals surface area contributed by atoms with E-state index >= 15 is 0 Å². The summed E-state index contributed by atoms with van der Waals surface area (Å²) in [6.45, 7) is -0.545. The van der Waals surface area contributed by atoms with Crippen molar-refractivity contribution in [1.82, 2.24) is 5.43 Å². The summed E-state index contributed by atoms with van der Waals surface area (Å²) in [5.41, 5.74) is 2.68. The minimum absolute atomic E-state index is 0.00558. The van der Waals surface area contributed by atoms with E-state index in [0.29, 0.717) is 5.56 Å². The first-order valence-corrected chi connectivity index (χ1v) is 9.82. The first-order chi connectivity index (χ1) is 12.2. The molecule has 0 aromatic heterocycles. The summed E-state index contributed by atoms with van der Waals surface area (Å²) in [5, 5.41) is 13.5. The van der Waals surface area contributed by atoms with Crippen molar-refractivity contribution in [2.75, 3.05) is 17.1 Å². The SMILES string of the molecule is CS(=O)(=O)N(CC(=O)N/N=C\c1ccccc1O)c1cccc(Cl)c1Cl. The van der Waals surface area contributed by atoms with E-state index in [1.165, 1.54) is 30.5 Å². The topological polar surface area (TPSA) is 99.1 Å². The number of hydrazone groups is 1. The Labute approximate surface area is 160 Å². The van der Waals surface area contributed by atoms with Gasteiger partial charge in [0.1, 0.15) is 12.3 Å². The minimum atomic E-state index is -3.80. The maximum atomic E-state index is 12.1. The maximum Gasteiger partial charge on any atom is 0.260 e. The van der Waals surface area contributed by atoms with Crippen LogP contribution in [0.4, 0.5) is 5.69 Å². The Bertz CT molecular complexity index is 948. The number of halogens is 2. The van der Waals surface area contributed by atoms with Crippen molar-refractivity contribution in [1.29, 1.82) is 0 Å². The number of carbonyl (C=O) groups is 1. The summed E-state index contributed by atoms with van der Waals surface area (Å²) < 4.78 is 24.9. The van der Waals surface area contributed by atoms with Crippen molar-refractivity contribution in [2.45, 2.75) is 0 Å². The molecular formula is C16H15Cl2N3O4S. The van der Waals surface area contributed by atoms with E-state index in [1.807, 2.05) is 0 Å². The number of sulfonamides is 1. The van der Waals surface area contributed by atoms with Gasteiger partial charge in [-0.1, -0.05) is 41.4 Å². The number of para-hydroxylation sites is 1. The van der Waals surface area contributed by atoms with Gasteiger partial charge in [0.05, 0.1) is 28.2 Å². The summed E-state index contributed by atoms with van der Waals surface area (Å²) in [7, 11) is -3.80. The summed E-state index contributed by atoms with van der Waals surface area (Å²) in [5.74, 6) is -0.702. The molecular weight excluding hydrogens is 401 g/mol. The van der Waals surface area contributed by atoms with Crippen LogP contribution in [0.3, 0.4) is 0 Å². The zero-order valence-corrected chi connectivity index (χ0v) is 15.9. The van der Waals surface area contributed by atoms with Crippen LogP contribution in [-0.4, -0.2) is 38.4 Å². The van der Waals surface area contributed by atoms with Crippen LogP contribution in [0.25, 0.3) is 0 Å². The number of nitrogens with zero attached hydrogens (tertiary/aromatic N) is 2. The van der Waals surface area contributed by atoms with Gasteiger partial charge in [-0.05, 0) is 24.3 Å². The van der Waals surface area contributed by atoms with Crippen LogP contribution in [0.1, 0.15) is 5.56 Å². The van der Waals surface area contributed by atoms with Crippen LogP contribution in [0.5, 0.6) is 5.75 Å². The fraction of sp³-hybridized carbons (Fsp3) is 0.125. The van der Waals surface area contributed by atoms with Gasteiger partial charge in [0.25, 0.3) is 5.91 Å². The van der Waals surface area contributed by atoms with E-state index < -0.39 is 22.5 Å². The molecule has 0 atom stereocenters. The molecule has 0 bridgehead atoms. The molecule has 2 rings (SSSR count). The highest BCUT2D eigenvalue weighted by Gasteiger charge is 2.23. The van der Waals surface area contributed by atoms with Crippen molar-refractivity contribution in [3.63, 3.8) is 0 Å². The molecule has 10 heteroatoms. The third-order valence-electron chi connectivity index (χ3n) is 3.22. The predicted octanol–water partition coefficient (Wildman–Crippen LogP) is 2.62. The number of hydrogen-bond acceptors (Lipinski definition) is 5. The highest BCUT2D eigenvalue weighted by atomic mass is 35.5. The molecule has 2 N–H and O–H groups in total. The second-order valence-electron chi connectivity index (χ2n) is 5.19. The Hall–Kier alpha value is -2.29. The third kappa shape index (κ3) is 5.10. The second kappa shape index (κ2) is 8.39. The summed E-state index contributed by atoms with van der Waals surface area (Å²) >= 11 is 12.0. The van der Waals surface area contributed by atoms with Gasteiger partial charge >= 0.3 is 0 Å². The second-order valence-corrected chi connectivity index (χ2v) is 7.89. The number of amides is 1. The average Bonchev–Trinajstić information content (AvgIpc) is 2.56. The van der Waals surface area contributed by atoms with Crippen LogP contribution in [0.2, 0.25) is 10.0 Å². The van der Waals surface area contributed by atoms with Gasteiger partial charge in [-0.25, -0.2) is 13.8 Å². The van der Waals surface area contributed by atoms with Crippen molar-refractivity contribution < 1.29 is 18.3 Å². The molecule has 1 amide bonds. The quantitative estimate of drug-likeness (QED) is 0.559. The number of carbonyl (C=O) groups excluding carboxylic acids is 1. The molecule has 0 aliphatic heterocycles. The zero-order valence-electron chi connectivity index (χ0n) is 13.6. The maximum absolute atomic E-state index is 12.1. The van der Waals surface area contributed by atoms with E-state index in [-0.39, 0.29) is 21.5 Å². The molecule has 0 aliphatic rings. The third-order valence-corrected chi connectivity index (χ3v) is 5.15. The van der Waals surface area contributed by atoms with E-state index in [4.69, 9.17) is 23.2 Å². The van der Waals surface area contributed by atoms with Gasteiger partial charge in [0.2, 0.25) is 10.0 Å². The highest BCUT2D eigenvalue weighted by molar-refractivity contribution is 7.92. The number of nitrogens with one attached hydrogen (secondary N) is 1. The number of phenols is 1. The van der Waals surface area contributed by atoms with E-state index in [0.717, 1.165) is 10.6 Å². The molecule has 0 radical (unpaired) electrons. The Morgan fingerprint density at radius 2 is 1.92 bits per heavy atom. The van der Waals surface area contributed by atoms with Gasteiger partial charge < -0.3 is 5.11 Å². The fourth-order valence-corrected chi connectivity index (χ4v) is 3.31. The van der Waals surface area contributed by atoms with Crippen molar-refractivity contribution in [2.24, 2.45) is 5.10 Å². The number of aromatic hydroxyl groups is 1. The largest absolute Gasteiger partial charge is 0.507 e. The van der Waals surface area contributed by atoms with Gasteiger partial charge in [0.15, 0.2) is 0 Å². The van der Waals surface area contributed by atoms with Gasteiger partial charge in [0, 0.05) is 5.56 Å². The standard InChI is InChI=1S/C16H15Cl2N3O4S/c1-26(24,25)21(13-7-4-6-12(17)16(13)18)10-15(23)20-19-9-11-5-2-3-8-14(11)22/h2-9,22H,10H2,1H3,(H,20,23)/b19-9-. The lowest BCUT2D eigenvalue weighted by atomic mass is 10.2. The van der Waals surface area contributed by atoms with Crippen LogP contribution < -0.4 is 9.73 Å². The number of rotatable bonds is 6. The molecule has 2 aromatic rings. The Kier molecular flexibility index (Phi) is 6.47. The monoisotopic (exact) mass is 415 g/mol. The van der Waals surface area contributed by atoms with Crippen molar-refractivity contribution in [3.05, 3.63) is 58.1 Å².